The molecule has 1 unspecified atom stereocenters. The van der Waals surface area contributed by atoms with E-state index in [1.54, 1.807) is 6.07 Å². The van der Waals surface area contributed by atoms with Crippen molar-refractivity contribution in [2.45, 2.75) is 32.0 Å². The second kappa shape index (κ2) is 5.50. The van der Waals surface area contributed by atoms with Crippen molar-refractivity contribution in [2.24, 2.45) is 0 Å². The molecule has 0 aromatic carbocycles. The average molecular weight is 258 g/mol. The minimum Gasteiger partial charge on any atom is -0.212 e. The Bertz CT molecular complexity index is 358. The molecule has 0 spiro atoms. The lowest BCUT2D eigenvalue weighted by atomic mass is 10.3. The standard InChI is InChI=1S/C8H13F3N2O2S/c1-7(6-12)13(2)16(14,15)5-3-4-8(9,10)11/h7H,3-5H2,1-2H3. The van der Waals surface area contributed by atoms with Crippen molar-refractivity contribution >= 4 is 10.0 Å². The fraction of sp³-hybridized carbons (Fsp3) is 0.875. The maximum Gasteiger partial charge on any atom is 0.389 e. The van der Waals surface area contributed by atoms with Crippen molar-refractivity contribution in [3.05, 3.63) is 0 Å². The van der Waals surface area contributed by atoms with Crippen LogP contribution in [0.2, 0.25) is 0 Å². The first-order chi connectivity index (χ1) is 7.10. The van der Waals surface area contributed by atoms with Gasteiger partial charge in [-0.25, -0.2) is 8.42 Å². The smallest absolute Gasteiger partial charge is 0.212 e. The molecule has 0 aromatic heterocycles. The Hall–Kier alpha value is -0.810. The summed E-state index contributed by atoms with van der Waals surface area (Å²) in [5.74, 6) is -0.602. The molecule has 16 heavy (non-hydrogen) atoms. The fourth-order valence-corrected chi connectivity index (χ4v) is 2.25. The molecular weight excluding hydrogens is 245 g/mol. The van der Waals surface area contributed by atoms with E-state index in [1.807, 2.05) is 0 Å². The third-order valence-electron chi connectivity index (χ3n) is 2.03. The van der Waals surface area contributed by atoms with Crippen LogP contribution in [0.3, 0.4) is 0 Å². The van der Waals surface area contributed by atoms with E-state index in [-0.39, 0.29) is 0 Å². The summed E-state index contributed by atoms with van der Waals surface area (Å²) in [6, 6.07) is 0.823. The normalized spacial score (nSPS) is 14.8. The van der Waals surface area contributed by atoms with E-state index in [9.17, 15) is 21.6 Å². The van der Waals surface area contributed by atoms with Crippen LogP contribution in [0.4, 0.5) is 13.2 Å². The lowest BCUT2D eigenvalue weighted by molar-refractivity contribution is -0.134. The van der Waals surface area contributed by atoms with Gasteiger partial charge in [-0.05, 0) is 13.3 Å². The summed E-state index contributed by atoms with van der Waals surface area (Å²) in [6.45, 7) is 1.36. The number of nitrogens with zero attached hydrogens (tertiary/aromatic N) is 2. The Morgan fingerprint density at radius 3 is 2.31 bits per heavy atom. The molecule has 0 N–H and O–H groups in total. The van der Waals surface area contributed by atoms with Crippen LogP contribution < -0.4 is 0 Å². The second-order valence-corrected chi connectivity index (χ2v) is 5.50. The zero-order valence-electron chi connectivity index (χ0n) is 8.95. The van der Waals surface area contributed by atoms with Crippen LogP contribution in [0.1, 0.15) is 19.8 Å². The van der Waals surface area contributed by atoms with E-state index in [0.717, 1.165) is 4.31 Å². The van der Waals surface area contributed by atoms with Crippen molar-refractivity contribution in [1.29, 1.82) is 5.26 Å². The summed E-state index contributed by atoms with van der Waals surface area (Å²) in [6.07, 6.45) is -5.98. The number of sulfonamides is 1. The van der Waals surface area contributed by atoms with Crippen LogP contribution in [0, 0.1) is 11.3 Å². The van der Waals surface area contributed by atoms with Crippen LogP contribution >= 0.6 is 0 Å². The summed E-state index contributed by atoms with van der Waals surface area (Å²) in [4.78, 5) is 0. The third kappa shape index (κ3) is 5.32. The van der Waals surface area contributed by atoms with Crippen LogP contribution in [-0.4, -0.2) is 37.7 Å². The molecule has 0 radical (unpaired) electrons. The van der Waals surface area contributed by atoms with Gasteiger partial charge in [0.05, 0.1) is 11.8 Å². The first-order valence-corrected chi connectivity index (χ1v) is 6.13. The maximum atomic E-state index is 11.8. The summed E-state index contributed by atoms with van der Waals surface area (Å²) >= 11 is 0. The van der Waals surface area contributed by atoms with Gasteiger partial charge in [-0.2, -0.15) is 22.7 Å². The number of halogens is 3. The molecule has 0 aliphatic rings. The zero-order chi connectivity index (χ0) is 13.0. The van der Waals surface area contributed by atoms with Crippen molar-refractivity contribution in [2.75, 3.05) is 12.8 Å². The van der Waals surface area contributed by atoms with E-state index in [4.69, 9.17) is 5.26 Å². The van der Waals surface area contributed by atoms with E-state index < -0.39 is 40.8 Å². The van der Waals surface area contributed by atoms with Gasteiger partial charge in [-0.3, -0.25) is 0 Å². The van der Waals surface area contributed by atoms with E-state index in [1.165, 1.54) is 14.0 Å². The molecule has 0 bridgehead atoms. The highest BCUT2D eigenvalue weighted by atomic mass is 32.2. The zero-order valence-corrected chi connectivity index (χ0v) is 9.77. The van der Waals surface area contributed by atoms with Crippen molar-refractivity contribution in [3.8, 4) is 6.07 Å². The van der Waals surface area contributed by atoms with Crippen molar-refractivity contribution in [1.82, 2.24) is 4.31 Å². The highest BCUT2D eigenvalue weighted by Crippen LogP contribution is 2.22. The van der Waals surface area contributed by atoms with Gasteiger partial charge in [-0.1, -0.05) is 0 Å². The van der Waals surface area contributed by atoms with Gasteiger partial charge in [0.2, 0.25) is 10.0 Å². The number of nitriles is 1. The molecule has 1 atom stereocenters. The largest absolute Gasteiger partial charge is 0.389 e. The minimum absolute atomic E-state index is 0.492. The Morgan fingerprint density at radius 1 is 1.44 bits per heavy atom. The van der Waals surface area contributed by atoms with Gasteiger partial charge in [0.1, 0.15) is 6.04 Å². The fourth-order valence-electron chi connectivity index (χ4n) is 0.921. The molecule has 4 nitrogen and oxygen atoms in total. The highest BCUT2D eigenvalue weighted by molar-refractivity contribution is 7.89. The molecule has 0 aromatic rings. The molecule has 8 heteroatoms. The summed E-state index contributed by atoms with van der Waals surface area (Å²) in [7, 11) is -2.61. The first-order valence-electron chi connectivity index (χ1n) is 4.52. The Kier molecular flexibility index (Phi) is 5.22. The molecule has 0 amide bonds. The number of hydrogen-bond acceptors (Lipinski definition) is 3. The minimum atomic E-state index is -4.35. The van der Waals surface area contributed by atoms with Gasteiger partial charge in [0.25, 0.3) is 0 Å². The average Bonchev–Trinajstić information content (AvgIpc) is 2.13. The quantitative estimate of drug-likeness (QED) is 0.750. The van der Waals surface area contributed by atoms with Crippen molar-refractivity contribution in [3.63, 3.8) is 0 Å². The number of alkyl halides is 3. The van der Waals surface area contributed by atoms with Crippen LogP contribution in [0.5, 0.6) is 0 Å². The molecule has 0 aliphatic carbocycles. The number of rotatable bonds is 5. The summed E-state index contributed by atoms with van der Waals surface area (Å²) < 4.78 is 59.0. The molecule has 0 aliphatic heterocycles. The van der Waals surface area contributed by atoms with E-state index >= 15 is 0 Å². The van der Waals surface area contributed by atoms with Gasteiger partial charge < -0.3 is 0 Å². The van der Waals surface area contributed by atoms with E-state index in [0.29, 0.717) is 0 Å². The van der Waals surface area contributed by atoms with Crippen LogP contribution in [0.25, 0.3) is 0 Å². The van der Waals surface area contributed by atoms with Crippen molar-refractivity contribution < 1.29 is 21.6 Å². The Balaban J connectivity index is 4.33. The predicted molar refractivity (Wildman–Crippen MR) is 51.9 cm³/mol. The molecule has 0 rings (SSSR count). The van der Waals surface area contributed by atoms with Gasteiger partial charge in [-0.15, -0.1) is 0 Å². The van der Waals surface area contributed by atoms with Gasteiger partial charge in [0.15, 0.2) is 0 Å². The lowest BCUT2D eigenvalue weighted by Crippen LogP contribution is -2.36. The first kappa shape index (κ1) is 15.2. The predicted octanol–water partition coefficient (Wildman–Crippen LogP) is 1.50. The Morgan fingerprint density at radius 2 is 1.94 bits per heavy atom. The monoisotopic (exact) mass is 258 g/mol. The molecule has 0 heterocycles. The maximum absolute atomic E-state index is 11.8. The van der Waals surface area contributed by atoms with Crippen LogP contribution in [0.15, 0.2) is 0 Å². The lowest BCUT2D eigenvalue weighted by Gasteiger charge is -2.19. The molecule has 0 saturated heterocycles. The van der Waals surface area contributed by atoms with Gasteiger partial charge >= 0.3 is 6.18 Å². The third-order valence-corrected chi connectivity index (χ3v) is 4.03. The van der Waals surface area contributed by atoms with Gasteiger partial charge in [0, 0.05) is 13.5 Å². The summed E-state index contributed by atoms with van der Waals surface area (Å²) in [5, 5.41) is 8.49. The van der Waals surface area contributed by atoms with Crippen LogP contribution in [-0.2, 0) is 10.0 Å². The highest BCUT2D eigenvalue weighted by Gasteiger charge is 2.29. The topological polar surface area (TPSA) is 61.2 Å². The van der Waals surface area contributed by atoms with E-state index in [2.05, 4.69) is 0 Å². The SMILES string of the molecule is CC(C#N)N(C)S(=O)(=O)CCCC(F)(F)F. The number of hydrogen-bond donors (Lipinski definition) is 0. The molecule has 94 valence electrons. The second-order valence-electron chi connectivity index (χ2n) is 3.36. The summed E-state index contributed by atoms with van der Waals surface area (Å²) in [5.41, 5.74) is 0. The molecule has 0 fully saturated rings. The molecule has 0 saturated carbocycles. The molecular formula is C8H13F3N2O2S. The Labute approximate surface area is 92.7 Å².